The number of benzene rings is 2. The van der Waals surface area contributed by atoms with Crippen LogP contribution >= 0.6 is 35.0 Å². The first-order valence-corrected chi connectivity index (χ1v) is 12.0. The lowest BCUT2D eigenvalue weighted by Gasteiger charge is -2.20. The summed E-state index contributed by atoms with van der Waals surface area (Å²) in [5, 5.41) is 3.32. The van der Waals surface area contributed by atoms with Crippen molar-refractivity contribution < 1.29 is 13.2 Å². The molecule has 0 aromatic heterocycles. The molecule has 0 fully saturated rings. The highest BCUT2D eigenvalue weighted by Crippen LogP contribution is 2.33. The van der Waals surface area contributed by atoms with E-state index in [4.69, 9.17) is 23.2 Å². The van der Waals surface area contributed by atoms with Gasteiger partial charge in [-0.3, -0.25) is 9.10 Å². The molecule has 9 heteroatoms. The minimum atomic E-state index is -3.49. The summed E-state index contributed by atoms with van der Waals surface area (Å²) in [5.41, 5.74) is 1.76. The highest BCUT2D eigenvalue weighted by molar-refractivity contribution is 8.00. The molecule has 0 radical (unpaired) electrons. The Morgan fingerprint density at radius 3 is 2.79 bits per heavy atom. The van der Waals surface area contributed by atoms with E-state index in [0.717, 1.165) is 11.3 Å². The molecule has 1 atom stereocenters. The zero-order valence-electron chi connectivity index (χ0n) is 15.2. The first-order valence-electron chi connectivity index (χ1n) is 8.75. The number of rotatable bonds is 7. The summed E-state index contributed by atoms with van der Waals surface area (Å²) < 4.78 is 26.7. The quantitative estimate of drug-likeness (QED) is 0.637. The van der Waals surface area contributed by atoms with Crippen LogP contribution in [0.5, 0.6) is 0 Å². The van der Waals surface area contributed by atoms with Crippen molar-refractivity contribution in [1.29, 1.82) is 0 Å². The summed E-state index contributed by atoms with van der Waals surface area (Å²) >= 11 is 13.4. The van der Waals surface area contributed by atoms with Gasteiger partial charge >= 0.3 is 0 Å². The van der Waals surface area contributed by atoms with Gasteiger partial charge in [0, 0.05) is 23.0 Å². The highest BCUT2D eigenvalue weighted by atomic mass is 35.5. The van der Waals surface area contributed by atoms with Gasteiger partial charge in [0.25, 0.3) is 0 Å². The lowest BCUT2D eigenvalue weighted by atomic mass is 10.2. The van der Waals surface area contributed by atoms with Crippen LogP contribution in [0.3, 0.4) is 0 Å². The molecule has 1 N–H and O–H groups in total. The Kier molecular flexibility index (Phi) is 6.81. The van der Waals surface area contributed by atoms with Gasteiger partial charge in [0.1, 0.15) is 0 Å². The molecule has 0 bridgehead atoms. The molecule has 0 saturated carbocycles. The monoisotopic (exact) mass is 458 g/mol. The second-order valence-corrected chi connectivity index (χ2v) is 10.6. The molecule has 2 aromatic carbocycles. The SMILES string of the molecule is CC(Sc1cc(Cl)ccc1Cl)C(=O)NCCS(=O)(=O)N1CCc2ccccc21. The molecular weight excluding hydrogens is 439 g/mol. The number of para-hydroxylation sites is 1. The summed E-state index contributed by atoms with van der Waals surface area (Å²) in [5.74, 6) is -0.402. The second kappa shape index (κ2) is 8.95. The molecule has 1 unspecified atom stereocenters. The van der Waals surface area contributed by atoms with Crippen LogP contribution in [-0.4, -0.2) is 38.4 Å². The maximum Gasteiger partial charge on any atom is 0.236 e. The topological polar surface area (TPSA) is 66.5 Å². The van der Waals surface area contributed by atoms with Crippen LogP contribution < -0.4 is 9.62 Å². The van der Waals surface area contributed by atoms with E-state index in [-0.39, 0.29) is 18.2 Å². The van der Waals surface area contributed by atoms with Crippen molar-refractivity contribution in [2.24, 2.45) is 0 Å². The molecule has 1 aliphatic rings. The summed E-state index contributed by atoms with van der Waals surface area (Å²) in [6.45, 7) is 2.23. The number of thioether (sulfide) groups is 1. The number of carbonyl (C=O) groups is 1. The Morgan fingerprint density at radius 2 is 2.00 bits per heavy atom. The summed E-state index contributed by atoms with van der Waals surface area (Å²) in [6.07, 6.45) is 0.704. The Bertz CT molecular complexity index is 983. The van der Waals surface area contributed by atoms with Crippen molar-refractivity contribution in [3.05, 3.63) is 58.1 Å². The smallest absolute Gasteiger partial charge is 0.236 e. The van der Waals surface area contributed by atoms with E-state index in [1.54, 1.807) is 25.1 Å². The van der Waals surface area contributed by atoms with Crippen LogP contribution in [0.2, 0.25) is 10.0 Å². The Balaban J connectivity index is 1.54. The van der Waals surface area contributed by atoms with Gasteiger partial charge in [-0.15, -0.1) is 11.8 Å². The third-order valence-electron chi connectivity index (χ3n) is 4.41. The summed E-state index contributed by atoms with van der Waals surface area (Å²) in [6, 6.07) is 12.5. The van der Waals surface area contributed by atoms with Gasteiger partial charge in [-0.2, -0.15) is 0 Å². The largest absolute Gasteiger partial charge is 0.354 e. The number of fused-ring (bicyclic) bond motifs is 1. The number of amides is 1. The molecule has 1 amide bonds. The third kappa shape index (κ3) is 4.95. The van der Waals surface area contributed by atoms with Crippen molar-refractivity contribution in [3.63, 3.8) is 0 Å². The average Bonchev–Trinajstić information content (AvgIpc) is 3.09. The van der Waals surface area contributed by atoms with Crippen LogP contribution in [0.25, 0.3) is 0 Å². The van der Waals surface area contributed by atoms with E-state index >= 15 is 0 Å². The number of sulfonamides is 1. The minimum absolute atomic E-state index is 0.0496. The van der Waals surface area contributed by atoms with Gasteiger partial charge in [0.05, 0.1) is 21.7 Å². The Morgan fingerprint density at radius 1 is 1.25 bits per heavy atom. The normalized spacial score (nSPS) is 14.6. The van der Waals surface area contributed by atoms with Crippen LogP contribution in [0.1, 0.15) is 12.5 Å². The van der Waals surface area contributed by atoms with E-state index in [9.17, 15) is 13.2 Å². The van der Waals surface area contributed by atoms with E-state index in [1.807, 2.05) is 24.3 Å². The van der Waals surface area contributed by atoms with Crippen molar-refractivity contribution in [2.75, 3.05) is 23.1 Å². The van der Waals surface area contributed by atoms with E-state index in [0.29, 0.717) is 27.9 Å². The molecule has 0 spiro atoms. The van der Waals surface area contributed by atoms with Crippen molar-refractivity contribution in [3.8, 4) is 0 Å². The van der Waals surface area contributed by atoms with Gasteiger partial charge in [0.15, 0.2) is 0 Å². The second-order valence-electron chi connectivity index (χ2n) is 6.39. The minimum Gasteiger partial charge on any atom is -0.354 e. The molecule has 0 aliphatic carbocycles. The van der Waals surface area contributed by atoms with Gasteiger partial charge in [-0.25, -0.2) is 8.42 Å². The first-order chi connectivity index (χ1) is 13.3. The number of hydrogen-bond acceptors (Lipinski definition) is 4. The molecule has 2 aromatic rings. The lowest BCUT2D eigenvalue weighted by Crippen LogP contribution is -2.39. The van der Waals surface area contributed by atoms with Crippen molar-refractivity contribution in [2.45, 2.75) is 23.5 Å². The van der Waals surface area contributed by atoms with E-state index in [2.05, 4.69) is 5.32 Å². The summed E-state index contributed by atoms with van der Waals surface area (Å²) in [4.78, 5) is 13.0. The number of carbonyl (C=O) groups excluding carboxylic acids is 1. The van der Waals surface area contributed by atoms with Crippen LogP contribution in [0.4, 0.5) is 5.69 Å². The van der Waals surface area contributed by atoms with E-state index < -0.39 is 15.3 Å². The standard InChI is InChI=1S/C19H20Cl2N2O3S2/c1-13(27-18-12-15(20)6-7-16(18)21)19(24)22-9-11-28(25,26)23-10-8-14-4-2-3-5-17(14)23/h2-7,12-13H,8-11H2,1H3,(H,22,24). The Labute approximate surface area is 179 Å². The predicted octanol–water partition coefficient (Wildman–Crippen LogP) is 3.98. The number of anilines is 1. The maximum absolute atomic E-state index is 12.7. The average molecular weight is 459 g/mol. The Hall–Kier alpha value is -1.41. The molecule has 28 heavy (non-hydrogen) atoms. The molecular formula is C19H20Cl2N2O3S2. The number of hydrogen-bond donors (Lipinski definition) is 1. The lowest BCUT2D eigenvalue weighted by molar-refractivity contribution is -0.120. The molecule has 1 heterocycles. The zero-order chi connectivity index (χ0) is 20.3. The molecule has 1 aliphatic heterocycles. The fourth-order valence-electron chi connectivity index (χ4n) is 2.97. The van der Waals surface area contributed by atoms with Crippen LogP contribution in [0.15, 0.2) is 47.4 Å². The fraction of sp³-hybridized carbons (Fsp3) is 0.316. The van der Waals surface area contributed by atoms with Crippen molar-refractivity contribution in [1.82, 2.24) is 5.32 Å². The first kappa shape index (κ1) is 21.3. The molecule has 5 nitrogen and oxygen atoms in total. The third-order valence-corrected chi connectivity index (χ3v) is 8.01. The fourth-order valence-corrected chi connectivity index (χ4v) is 5.83. The van der Waals surface area contributed by atoms with Crippen LogP contribution in [-0.2, 0) is 21.2 Å². The van der Waals surface area contributed by atoms with Crippen molar-refractivity contribution >= 4 is 56.6 Å². The number of nitrogens with one attached hydrogen (secondary N) is 1. The molecule has 150 valence electrons. The predicted molar refractivity (Wildman–Crippen MR) is 116 cm³/mol. The van der Waals surface area contributed by atoms with Gasteiger partial charge < -0.3 is 5.32 Å². The van der Waals surface area contributed by atoms with Gasteiger partial charge in [-0.05, 0) is 43.2 Å². The number of nitrogens with zero attached hydrogens (tertiary/aromatic N) is 1. The number of halogens is 2. The zero-order valence-corrected chi connectivity index (χ0v) is 18.3. The van der Waals surface area contributed by atoms with Gasteiger partial charge in [-0.1, -0.05) is 41.4 Å². The molecule has 3 rings (SSSR count). The molecule has 0 saturated heterocycles. The highest BCUT2D eigenvalue weighted by Gasteiger charge is 2.29. The maximum atomic E-state index is 12.7. The summed E-state index contributed by atoms with van der Waals surface area (Å²) in [7, 11) is -3.49. The van der Waals surface area contributed by atoms with Crippen LogP contribution in [0, 0.1) is 0 Å². The van der Waals surface area contributed by atoms with Gasteiger partial charge in [0.2, 0.25) is 15.9 Å². The van der Waals surface area contributed by atoms with E-state index in [1.165, 1.54) is 16.1 Å².